The smallest absolute Gasteiger partial charge is 0.456 e. The molecule has 2 aromatic rings. The summed E-state index contributed by atoms with van der Waals surface area (Å²) in [6, 6.07) is 8.04. The number of likely N-dealkylation sites (N-methyl/N-ethyl adjacent to an activating group) is 1. The number of ketones is 1. The number of carbonyl (C=O) groups is 2. The van der Waals surface area contributed by atoms with Crippen molar-refractivity contribution in [3.8, 4) is 11.5 Å². The van der Waals surface area contributed by atoms with Gasteiger partial charge in [-0.2, -0.15) is 13.2 Å². The Morgan fingerprint density at radius 3 is 2.33 bits per heavy atom. The van der Waals surface area contributed by atoms with E-state index in [4.69, 9.17) is 9.47 Å². The summed E-state index contributed by atoms with van der Waals surface area (Å²) >= 11 is 0. The number of halogens is 3. The summed E-state index contributed by atoms with van der Waals surface area (Å²) < 4.78 is 52.1. The number of nitrogens with zero attached hydrogens (tertiary/aromatic N) is 3. The van der Waals surface area contributed by atoms with E-state index in [-0.39, 0.29) is 11.6 Å². The van der Waals surface area contributed by atoms with Gasteiger partial charge in [0.2, 0.25) is 0 Å². The van der Waals surface area contributed by atoms with Crippen LogP contribution in [-0.4, -0.2) is 72.6 Å². The molecule has 7 nitrogen and oxygen atoms in total. The lowest BCUT2D eigenvalue weighted by Gasteiger charge is -2.50. The third-order valence-corrected chi connectivity index (χ3v) is 7.20. The zero-order valence-electron chi connectivity index (χ0n) is 21.0. The highest BCUT2D eigenvalue weighted by Crippen LogP contribution is 2.42. The van der Waals surface area contributed by atoms with Crippen molar-refractivity contribution in [2.24, 2.45) is 5.92 Å². The normalized spacial score (nSPS) is 17.8. The molecule has 1 saturated heterocycles. The van der Waals surface area contributed by atoms with Crippen LogP contribution in [0.4, 0.5) is 13.2 Å². The zero-order chi connectivity index (χ0) is 26.3. The highest BCUT2D eigenvalue weighted by molar-refractivity contribution is 5.99. The third-order valence-electron chi connectivity index (χ3n) is 7.20. The minimum absolute atomic E-state index is 0.139. The van der Waals surface area contributed by atoms with E-state index in [1.807, 2.05) is 20.9 Å². The van der Waals surface area contributed by atoms with Crippen LogP contribution in [0.15, 0.2) is 30.3 Å². The number of likely N-dealkylation sites (tertiary alicyclic amines) is 1. The minimum atomic E-state index is -4.92. The van der Waals surface area contributed by atoms with Crippen LogP contribution in [0.3, 0.4) is 0 Å². The van der Waals surface area contributed by atoms with Gasteiger partial charge in [-0.25, -0.2) is 0 Å². The molecule has 0 saturated carbocycles. The van der Waals surface area contributed by atoms with Crippen LogP contribution in [0.1, 0.15) is 53.2 Å². The van der Waals surface area contributed by atoms with Crippen LogP contribution in [0.5, 0.6) is 11.5 Å². The predicted octanol–water partition coefficient (Wildman–Crippen LogP) is 4.35. The maximum absolute atomic E-state index is 13.3. The van der Waals surface area contributed by atoms with Crippen molar-refractivity contribution in [3.05, 3.63) is 47.3 Å². The molecule has 1 spiro atoms. The number of benzene rings is 1. The molecule has 1 fully saturated rings. The summed E-state index contributed by atoms with van der Waals surface area (Å²) in [6.45, 7) is 6.32. The third kappa shape index (κ3) is 4.70. The molecule has 0 unspecified atom stereocenters. The average molecular weight is 508 g/mol. The number of carbonyl (C=O) groups excluding carboxylic acids is 2. The van der Waals surface area contributed by atoms with Gasteiger partial charge in [0.15, 0.2) is 11.5 Å². The van der Waals surface area contributed by atoms with Crippen LogP contribution in [0.2, 0.25) is 0 Å². The van der Waals surface area contributed by atoms with Crippen molar-refractivity contribution in [1.29, 1.82) is 0 Å². The van der Waals surface area contributed by atoms with Gasteiger partial charge < -0.3 is 18.9 Å². The first-order valence-electron chi connectivity index (χ1n) is 12.1. The van der Waals surface area contributed by atoms with E-state index in [9.17, 15) is 22.8 Å². The largest absolute Gasteiger partial charge is 0.493 e. The standard InChI is InChI=1S/C26H32F3N3O4/c1-17(2)16-36-20-7-5-18(15-21(20)35-4)24(34)31-11-9-25(10-12-31)22-8-6-19(23(33)26(27,28)29)32(22)14-13-30(25)3/h5-8,15,17H,9-14,16H2,1-4H3. The van der Waals surface area contributed by atoms with Crippen molar-refractivity contribution >= 4 is 11.7 Å². The van der Waals surface area contributed by atoms with Crippen LogP contribution in [-0.2, 0) is 12.1 Å². The number of aromatic nitrogens is 1. The van der Waals surface area contributed by atoms with Crippen molar-refractivity contribution in [2.45, 2.75) is 44.9 Å². The van der Waals surface area contributed by atoms with Gasteiger partial charge in [-0.15, -0.1) is 0 Å². The topological polar surface area (TPSA) is 64.0 Å². The van der Waals surface area contributed by atoms with Gasteiger partial charge in [-0.05, 0) is 56.1 Å². The van der Waals surface area contributed by atoms with Crippen LogP contribution in [0, 0.1) is 5.92 Å². The Morgan fingerprint density at radius 1 is 1.03 bits per heavy atom. The number of alkyl halides is 3. The van der Waals surface area contributed by atoms with E-state index in [2.05, 4.69) is 4.90 Å². The molecule has 0 atom stereocenters. The summed E-state index contributed by atoms with van der Waals surface area (Å²) in [6.07, 6.45) is -3.82. The monoisotopic (exact) mass is 507 g/mol. The quantitative estimate of drug-likeness (QED) is 0.544. The second-order valence-corrected chi connectivity index (χ2v) is 9.90. The van der Waals surface area contributed by atoms with Gasteiger partial charge >= 0.3 is 6.18 Å². The molecule has 2 aliphatic rings. The molecule has 36 heavy (non-hydrogen) atoms. The summed E-state index contributed by atoms with van der Waals surface area (Å²) in [5, 5.41) is 0. The fourth-order valence-corrected chi connectivity index (χ4v) is 5.19. The van der Waals surface area contributed by atoms with Crippen molar-refractivity contribution in [1.82, 2.24) is 14.4 Å². The van der Waals surface area contributed by atoms with Gasteiger partial charge in [-0.1, -0.05) is 13.8 Å². The predicted molar refractivity (Wildman–Crippen MR) is 128 cm³/mol. The highest BCUT2D eigenvalue weighted by Gasteiger charge is 2.47. The summed E-state index contributed by atoms with van der Waals surface area (Å²) in [4.78, 5) is 29.1. The first-order valence-corrected chi connectivity index (χ1v) is 12.1. The van der Waals surface area contributed by atoms with E-state index in [0.717, 1.165) is 0 Å². The molecular formula is C26H32F3N3O4. The van der Waals surface area contributed by atoms with Gasteiger partial charge in [0.1, 0.15) is 0 Å². The number of hydrogen-bond acceptors (Lipinski definition) is 5. The number of fused-ring (bicyclic) bond motifs is 2. The van der Waals surface area contributed by atoms with Crippen molar-refractivity contribution in [2.75, 3.05) is 40.4 Å². The number of amides is 1. The van der Waals surface area contributed by atoms with Crippen LogP contribution < -0.4 is 9.47 Å². The Hall–Kier alpha value is -3.01. The van der Waals surface area contributed by atoms with Gasteiger partial charge in [0, 0.05) is 37.4 Å². The fraction of sp³-hybridized carbons (Fsp3) is 0.538. The number of Topliss-reactive ketones (excluding diaryl/α,β-unsaturated/α-hetero) is 1. The van der Waals surface area contributed by atoms with E-state index >= 15 is 0 Å². The molecule has 0 radical (unpaired) electrons. The van der Waals surface area contributed by atoms with E-state index < -0.39 is 17.5 Å². The van der Waals surface area contributed by atoms with E-state index in [1.165, 1.54) is 17.7 Å². The average Bonchev–Trinajstić information content (AvgIpc) is 3.29. The van der Waals surface area contributed by atoms with Gasteiger partial charge in [0.25, 0.3) is 11.7 Å². The molecule has 10 heteroatoms. The molecule has 0 aliphatic carbocycles. The Labute approximate surface area is 208 Å². The number of ether oxygens (including phenoxy) is 2. The van der Waals surface area contributed by atoms with Crippen LogP contribution in [0.25, 0.3) is 0 Å². The molecule has 2 aliphatic heterocycles. The molecule has 196 valence electrons. The minimum Gasteiger partial charge on any atom is -0.493 e. The maximum atomic E-state index is 13.3. The Morgan fingerprint density at radius 2 is 1.72 bits per heavy atom. The Balaban J connectivity index is 1.52. The van der Waals surface area contributed by atoms with Gasteiger partial charge in [-0.3, -0.25) is 14.5 Å². The lowest BCUT2D eigenvalue weighted by molar-refractivity contribution is -0.0892. The van der Waals surface area contributed by atoms with Crippen LogP contribution >= 0.6 is 0 Å². The summed E-state index contributed by atoms with van der Waals surface area (Å²) in [5.74, 6) is -0.551. The van der Waals surface area contributed by atoms with E-state index in [0.29, 0.717) is 74.3 Å². The second kappa shape index (κ2) is 9.80. The lowest BCUT2D eigenvalue weighted by Crippen LogP contribution is -2.56. The molecule has 3 heterocycles. The second-order valence-electron chi connectivity index (χ2n) is 9.90. The first-order chi connectivity index (χ1) is 17.0. The van der Waals surface area contributed by atoms with Crippen molar-refractivity contribution in [3.63, 3.8) is 0 Å². The number of piperidine rings is 1. The molecule has 1 aromatic heterocycles. The van der Waals surface area contributed by atoms with E-state index in [1.54, 1.807) is 29.2 Å². The molecule has 0 bridgehead atoms. The Kier molecular flexibility index (Phi) is 7.10. The summed E-state index contributed by atoms with van der Waals surface area (Å²) in [5.41, 5.74) is 0.323. The fourth-order valence-electron chi connectivity index (χ4n) is 5.19. The molecule has 0 N–H and O–H groups in total. The lowest BCUT2D eigenvalue weighted by atomic mass is 9.81. The summed E-state index contributed by atoms with van der Waals surface area (Å²) in [7, 11) is 3.47. The molecule has 4 rings (SSSR count). The SMILES string of the molecule is COc1cc(C(=O)N2CCC3(CC2)c2ccc(C(=O)C(F)(F)F)n2CCN3C)ccc1OCC(C)C. The number of hydrogen-bond donors (Lipinski definition) is 0. The number of methoxy groups -OCH3 is 1. The molecular weight excluding hydrogens is 475 g/mol. The highest BCUT2D eigenvalue weighted by atomic mass is 19.4. The first kappa shape index (κ1) is 26.1. The molecule has 1 aromatic carbocycles. The number of rotatable bonds is 6. The zero-order valence-corrected chi connectivity index (χ0v) is 21.0. The van der Waals surface area contributed by atoms with Crippen molar-refractivity contribution < 1.29 is 32.2 Å². The Bertz CT molecular complexity index is 1130. The molecule has 1 amide bonds. The van der Waals surface area contributed by atoms with Gasteiger partial charge in [0.05, 0.1) is 24.9 Å². The maximum Gasteiger partial charge on any atom is 0.456 e.